The summed E-state index contributed by atoms with van der Waals surface area (Å²) in [6.45, 7) is 3.06. The third-order valence-corrected chi connectivity index (χ3v) is 6.17. The van der Waals surface area contributed by atoms with Gasteiger partial charge in [0.15, 0.2) is 0 Å². The highest BCUT2D eigenvalue weighted by Gasteiger charge is 2.17. The largest absolute Gasteiger partial charge is 0.496 e. The van der Waals surface area contributed by atoms with Crippen LogP contribution in [0.5, 0.6) is 5.75 Å². The second-order valence-electron chi connectivity index (χ2n) is 4.56. The van der Waals surface area contributed by atoms with Crippen molar-refractivity contribution in [2.75, 3.05) is 13.7 Å². The van der Waals surface area contributed by atoms with Crippen molar-refractivity contribution >= 4 is 59.1 Å². The molecule has 1 heterocycles. The highest BCUT2D eigenvalue weighted by molar-refractivity contribution is 9.12. The lowest BCUT2D eigenvalue weighted by Gasteiger charge is -2.18. The molecule has 2 aromatic rings. The second-order valence-corrected chi connectivity index (χ2v) is 9.17. The van der Waals surface area contributed by atoms with Gasteiger partial charge in [0.25, 0.3) is 0 Å². The van der Waals surface area contributed by atoms with Crippen LogP contribution in [0.15, 0.2) is 36.3 Å². The first-order valence-corrected chi connectivity index (χ1v) is 9.75. The molecule has 1 unspecified atom stereocenters. The van der Waals surface area contributed by atoms with Gasteiger partial charge in [0.05, 0.1) is 19.2 Å². The van der Waals surface area contributed by atoms with E-state index in [2.05, 4.69) is 78.2 Å². The molecule has 1 atom stereocenters. The smallest absolute Gasteiger partial charge is 0.133 e. The lowest BCUT2D eigenvalue weighted by molar-refractivity contribution is 0.412. The molecule has 0 aliphatic carbocycles. The van der Waals surface area contributed by atoms with E-state index in [9.17, 15) is 0 Å². The zero-order valence-corrected chi connectivity index (χ0v) is 17.3. The minimum absolute atomic E-state index is 0.284. The van der Waals surface area contributed by atoms with E-state index in [1.807, 2.05) is 6.07 Å². The Bertz CT molecular complexity index is 615. The number of rotatable bonds is 6. The Morgan fingerprint density at radius 3 is 2.52 bits per heavy atom. The molecule has 0 fully saturated rings. The minimum Gasteiger partial charge on any atom is -0.496 e. The Kier molecular flexibility index (Phi) is 6.75. The molecule has 0 spiro atoms. The van der Waals surface area contributed by atoms with Crippen LogP contribution in [0.2, 0.25) is 0 Å². The Balaban J connectivity index is 2.24. The number of hydrogen-bond donors (Lipinski definition) is 1. The van der Waals surface area contributed by atoms with Gasteiger partial charge in [0, 0.05) is 6.04 Å². The topological polar surface area (TPSA) is 21.3 Å². The molecule has 114 valence electrons. The highest BCUT2D eigenvalue weighted by Crippen LogP contribution is 2.37. The van der Waals surface area contributed by atoms with E-state index in [0.717, 1.165) is 27.0 Å². The average Bonchev–Trinajstić information content (AvgIpc) is 2.77. The van der Waals surface area contributed by atoms with Crippen molar-refractivity contribution in [2.24, 2.45) is 0 Å². The molecule has 0 saturated carbocycles. The first-order valence-electron chi connectivity index (χ1n) is 6.55. The molecule has 0 radical (unpaired) electrons. The Morgan fingerprint density at radius 2 is 2.00 bits per heavy atom. The first kappa shape index (κ1) is 17.5. The molecule has 0 saturated heterocycles. The number of halogens is 3. The van der Waals surface area contributed by atoms with Crippen LogP contribution in [0.4, 0.5) is 0 Å². The van der Waals surface area contributed by atoms with Crippen LogP contribution < -0.4 is 10.1 Å². The van der Waals surface area contributed by atoms with Crippen LogP contribution >= 0.6 is 59.1 Å². The SMILES string of the molecule is CCNC(Cc1ccc(OC)c(Br)c1)c1cc(Br)sc1Br. The van der Waals surface area contributed by atoms with Gasteiger partial charge in [-0.25, -0.2) is 0 Å². The van der Waals surface area contributed by atoms with Gasteiger partial charge >= 0.3 is 0 Å². The quantitative estimate of drug-likeness (QED) is 0.533. The zero-order valence-electron chi connectivity index (χ0n) is 11.8. The molecule has 0 amide bonds. The van der Waals surface area contributed by atoms with Gasteiger partial charge in [-0.05, 0) is 90.1 Å². The summed E-state index contributed by atoms with van der Waals surface area (Å²) >= 11 is 12.5. The number of likely N-dealkylation sites (N-methyl/N-ethyl adjacent to an activating group) is 1. The van der Waals surface area contributed by atoms with Gasteiger partial charge in [0.2, 0.25) is 0 Å². The van der Waals surface area contributed by atoms with E-state index in [1.54, 1.807) is 18.4 Å². The number of hydrogen-bond acceptors (Lipinski definition) is 3. The maximum atomic E-state index is 5.28. The molecule has 21 heavy (non-hydrogen) atoms. The van der Waals surface area contributed by atoms with E-state index in [0.29, 0.717) is 0 Å². The van der Waals surface area contributed by atoms with Crippen LogP contribution in [0.3, 0.4) is 0 Å². The molecule has 2 rings (SSSR count). The van der Waals surface area contributed by atoms with Crippen molar-refractivity contribution < 1.29 is 4.74 Å². The molecular weight excluding hydrogens is 482 g/mol. The Morgan fingerprint density at radius 1 is 1.24 bits per heavy atom. The maximum absolute atomic E-state index is 5.28. The van der Waals surface area contributed by atoms with Gasteiger partial charge < -0.3 is 10.1 Å². The standard InChI is InChI=1S/C15H16Br3NOS/c1-3-19-12(10-8-14(17)21-15(10)18)7-9-4-5-13(20-2)11(16)6-9/h4-6,8,12,19H,3,7H2,1-2H3. The van der Waals surface area contributed by atoms with Crippen LogP contribution in [-0.2, 0) is 6.42 Å². The van der Waals surface area contributed by atoms with Gasteiger partial charge in [-0.3, -0.25) is 0 Å². The summed E-state index contributed by atoms with van der Waals surface area (Å²) in [4.78, 5) is 0. The predicted octanol–water partition coefficient (Wildman–Crippen LogP) is 5.94. The third-order valence-electron chi connectivity index (χ3n) is 3.17. The molecule has 1 aromatic heterocycles. The average molecular weight is 498 g/mol. The summed E-state index contributed by atoms with van der Waals surface area (Å²) in [7, 11) is 1.68. The van der Waals surface area contributed by atoms with Crippen LogP contribution in [0.1, 0.15) is 24.1 Å². The van der Waals surface area contributed by atoms with Crippen molar-refractivity contribution in [2.45, 2.75) is 19.4 Å². The van der Waals surface area contributed by atoms with E-state index >= 15 is 0 Å². The van der Waals surface area contributed by atoms with Crippen molar-refractivity contribution in [3.05, 3.63) is 47.4 Å². The van der Waals surface area contributed by atoms with Crippen molar-refractivity contribution in [1.29, 1.82) is 0 Å². The predicted molar refractivity (Wildman–Crippen MR) is 101 cm³/mol. The van der Waals surface area contributed by atoms with Crippen molar-refractivity contribution in [3.63, 3.8) is 0 Å². The zero-order chi connectivity index (χ0) is 15.4. The molecule has 2 nitrogen and oxygen atoms in total. The summed E-state index contributed by atoms with van der Waals surface area (Å²) in [6.07, 6.45) is 0.929. The van der Waals surface area contributed by atoms with Crippen LogP contribution in [0, 0.1) is 0 Å². The third kappa shape index (κ3) is 4.55. The minimum atomic E-state index is 0.284. The number of benzene rings is 1. The van der Waals surface area contributed by atoms with E-state index in [1.165, 1.54) is 14.9 Å². The Hall–Kier alpha value is 0.120. The normalized spacial score (nSPS) is 12.4. The molecule has 0 aliphatic rings. The van der Waals surface area contributed by atoms with Gasteiger partial charge in [-0.15, -0.1) is 11.3 Å². The van der Waals surface area contributed by atoms with Crippen LogP contribution in [-0.4, -0.2) is 13.7 Å². The fourth-order valence-electron chi connectivity index (χ4n) is 2.20. The number of nitrogens with one attached hydrogen (secondary N) is 1. The monoisotopic (exact) mass is 495 g/mol. The fourth-order valence-corrected chi connectivity index (χ4v) is 5.76. The molecule has 1 aromatic carbocycles. The summed E-state index contributed by atoms with van der Waals surface area (Å²) < 4.78 is 8.59. The summed E-state index contributed by atoms with van der Waals surface area (Å²) in [5.41, 5.74) is 2.56. The Labute approximate surface area is 154 Å². The molecular formula is C15H16Br3NOS. The fraction of sp³-hybridized carbons (Fsp3) is 0.333. The number of ether oxygens (including phenoxy) is 1. The van der Waals surface area contributed by atoms with Gasteiger partial charge in [-0.2, -0.15) is 0 Å². The number of thiophene rings is 1. The van der Waals surface area contributed by atoms with Gasteiger partial charge in [0.1, 0.15) is 5.75 Å². The van der Waals surface area contributed by atoms with E-state index in [4.69, 9.17) is 4.74 Å². The number of methoxy groups -OCH3 is 1. The summed E-state index contributed by atoms with van der Waals surface area (Å²) in [5.74, 6) is 0.859. The molecule has 6 heteroatoms. The van der Waals surface area contributed by atoms with Crippen molar-refractivity contribution in [3.8, 4) is 5.75 Å². The van der Waals surface area contributed by atoms with E-state index in [-0.39, 0.29) is 6.04 Å². The maximum Gasteiger partial charge on any atom is 0.133 e. The first-order chi connectivity index (χ1) is 10.0. The highest BCUT2D eigenvalue weighted by atomic mass is 79.9. The van der Waals surface area contributed by atoms with Crippen LogP contribution in [0.25, 0.3) is 0 Å². The van der Waals surface area contributed by atoms with E-state index < -0.39 is 0 Å². The molecule has 1 N–H and O–H groups in total. The second kappa shape index (κ2) is 8.11. The molecule has 0 aliphatic heterocycles. The van der Waals surface area contributed by atoms with Crippen molar-refractivity contribution in [1.82, 2.24) is 5.32 Å². The summed E-state index contributed by atoms with van der Waals surface area (Å²) in [5, 5.41) is 3.56. The summed E-state index contributed by atoms with van der Waals surface area (Å²) in [6, 6.07) is 8.70. The lowest BCUT2D eigenvalue weighted by Crippen LogP contribution is -2.22. The van der Waals surface area contributed by atoms with Gasteiger partial charge in [-0.1, -0.05) is 13.0 Å². The lowest BCUT2D eigenvalue weighted by atomic mass is 10.0. The molecule has 0 bridgehead atoms.